The largest absolute Gasteiger partial charge is 0.438 e. The molecule has 0 saturated heterocycles. The van der Waals surface area contributed by atoms with Gasteiger partial charge in [-0.1, -0.05) is 18.2 Å². The summed E-state index contributed by atoms with van der Waals surface area (Å²) >= 11 is 0. The van der Waals surface area contributed by atoms with Crippen LogP contribution in [0.15, 0.2) is 47.3 Å². The van der Waals surface area contributed by atoms with E-state index in [9.17, 15) is 27.2 Å². The number of alkyl halides is 3. The van der Waals surface area contributed by atoms with Gasteiger partial charge in [-0.15, -0.1) is 0 Å². The van der Waals surface area contributed by atoms with E-state index in [0.29, 0.717) is 10.1 Å². The van der Waals surface area contributed by atoms with E-state index in [0.717, 1.165) is 6.07 Å². The number of hydrogen-bond acceptors (Lipinski definition) is 3. The monoisotopic (exact) mass is 379 g/mol. The molecule has 5 nitrogen and oxygen atoms in total. The van der Waals surface area contributed by atoms with Crippen LogP contribution in [0.2, 0.25) is 0 Å². The van der Waals surface area contributed by atoms with Gasteiger partial charge in [0, 0.05) is 5.69 Å². The summed E-state index contributed by atoms with van der Waals surface area (Å²) in [7, 11) is 0. The fourth-order valence-electron chi connectivity index (χ4n) is 2.55. The van der Waals surface area contributed by atoms with Crippen LogP contribution < -0.4 is 10.9 Å². The molecule has 1 amide bonds. The van der Waals surface area contributed by atoms with Gasteiger partial charge in [0.05, 0.1) is 11.0 Å². The van der Waals surface area contributed by atoms with Crippen molar-refractivity contribution < 1.29 is 22.4 Å². The van der Waals surface area contributed by atoms with Crippen molar-refractivity contribution in [3.05, 3.63) is 69.9 Å². The standard InChI is InChI=1S/C18H13F4N3O2/c1-10-6-7-11(8-12(10)19)23-15(26)9-25-14-5-3-2-4-13(14)24-16(17(25)27)18(20,21)22/h2-8H,9H2,1H3,(H,23,26). The SMILES string of the molecule is Cc1ccc(NC(=O)Cn2c(=O)c(C(F)(F)F)nc3ccccc32)cc1F. The van der Waals surface area contributed by atoms with Gasteiger partial charge in [0.25, 0.3) is 5.56 Å². The van der Waals surface area contributed by atoms with Gasteiger partial charge < -0.3 is 5.32 Å². The summed E-state index contributed by atoms with van der Waals surface area (Å²) in [5, 5.41) is 2.37. The maximum atomic E-state index is 13.6. The molecule has 140 valence electrons. The second kappa shape index (κ2) is 6.82. The molecule has 1 heterocycles. The highest BCUT2D eigenvalue weighted by Crippen LogP contribution is 2.26. The predicted octanol–water partition coefficient (Wildman–Crippen LogP) is 3.50. The zero-order valence-electron chi connectivity index (χ0n) is 14.0. The normalized spacial score (nSPS) is 11.6. The molecule has 0 unspecified atom stereocenters. The fourth-order valence-corrected chi connectivity index (χ4v) is 2.55. The van der Waals surface area contributed by atoms with E-state index in [1.165, 1.54) is 36.4 Å². The molecule has 0 aliphatic heterocycles. The van der Waals surface area contributed by atoms with Crippen molar-refractivity contribution in [1.82, 2.24) is 9.55 Å². The number of benzene rings is 2. The summed E-state index contributed by atoms with van der Waals surface area (Å²) in [5.74, 6) is -1.32. The highest BCUT2D eigenvalue weighted by Gasteiger charge is 2.37. The number of anilines is 1. The number of carbonyl (C=O) groups excluding carboxylic acids is 1. The lowest BCUT2D eigenvalue weighted by Gasteiger charge is -2.14. The predicted molar refractivity (Wildman–Crippen MR) is 90.8 cm³/mol. The first-order chi connectivity index (χ1) is 12.7. The minimum Gasteiger partial charge on any atom is -0.324 e. The molecule has 0 aliphatic carbocycles. The van der Waals surface area contributed by atoms with Crippen LogP contribution in [0, 0.1) is 12.7 Å². The molecule has 9 heteroatoms. The molecule has 0 saturated carbocycles. The smallest absolute Gasteiger partial charge is 0.324 e. The molecule has 0 radical (unpaired) electrons. The number of aromatic nitrogens is 2. The molecule has 0 bridgehead atoms. The zero-order chi connectivity index (χ0) is 19.8. The van der Waals surface area contributed by atoms with Gasteiger partial charge in [0.1, 0.15) is 12.4 Å². The summed E-state index contributed by atoms with van der Waals surface area (Å²) in [6.45, 7) is 0.864. The summed E-state index contributed by atoms with van der Waals surface area (Å²) in [6.07, 6.45) is -4.96. The highest BCUT2D eigenvalue weighted by molar-refractivity contribution is 5.91. The van der Waals surface area contributed by atoms with E-state index in [1.807, 2.05) is 0 Å². The Balaban J connectivity index is 2.00. The Hall–Kier alpha value is -3.23. The molecule has 3 rings (SSSR count). The summed E-state index contributed by atoms with van der Waals surface area (Å²) in [4.78, 5) is 27.9. The van der Waals surface area contributed by atoms with Crippen molar-refractivity contribution in [2.24, 2.45) is 0 Å². The number of aryl methyl sites for hydroxylation is 1. The maximum Gasteiger partial charge on any atom is 0.438 e. The molecule has 2 aromatic carbocycles. The number of fused-ring (bicyclic) bond motifs is 1. The number of hydrogen-bond donors (Lipinski definition) is 1. The van der Waals surface area contributed by atoms with Gasteiger partial charge in [-0.05, 0) is 36.8 Å². The Morgan fingerprint density at radius 1 is 1.19 bits per heavy atom. The van der Waals surface area contributed by atoms with Gasteiger partial charge in [0.2, 0.25) is 11.6 Å². The van der Waals surface area contributed by atoms with Crippen LogP contribution in [0.5, 0.6) is 0 Å². The lowest BCUT2D eigenvalue weighted by atomic mass is 10.2. The third-order valence-corrected chi connectivity index (χ3v) is 3.88. The lowest BCUT2D eigenvalue weighted by Crippen LogP contribution is -2.34. The topological polar surface area (TPSA) is 64.0 Å². The van der Waals surface area contributed by atoms with Crippen LogP contribution in [-0.4, -0.2) is 15.5 Å². The van der Waals surface area contributed by atoms with Crippen LogP contribution in [0.1, 0.15) is 11.3 Å². The van der Waals surface area contributed by atoms with Gasteiger partial charge >= 0.3 is 6.18 Å². The average Bonchev–Trinajstić information content (AvgIpc) is 2.59. The number of carbonyl (C=O) groups is 1. The molecule has 1 N–H and O–H groups in total. The van der Waals surface area contributed by atoms with Gasteiger partial charge in [-0.25, -0.2) is 9.37 Å². The molecular formula is C18H13F4N3O2. The number of nitrogens with one attached hydrogen (secondary N) is 1. The minimum absolute atomic E-state index is 0.0707. The first-order valence-corrected chi connectivity index (χ1v) is 7.79. The minimum atomic E-state index is -4.96. The van der Waals surface area contributed by atoms with E-state index < -0.39 is 35.7 Å². The van der Waals surface area contributed by atoms with Crippen molar-refractivity contribution in [2.45, 2.75) is 19.6 Å². The molecule has 0 fully saturated rings. The quantitative estimate of drug-likeness (QED) is 0.709. The van der Waals surface area contributed by atoms with E-state index in [4.69, 9.17) is 0 Å². The van der Waals surface area contributed by atoms with Gasteiger partial charge in [-0.3, -0.25) is 14.2 Å². The van der Waals surface area contributed by atoms with Crippen LogP contribution in [0.25, 0.3) is 11.0 Å². The summed E-state index contributed by atoms with van der Waals surface area (Å²) in [5.41, 5.74) is -2.51. The van der Waals surface area contributed by atoms with E-state index in [1.54, 1.807) is 6.92 Å². The van der Waals surface area contributed by atoms with E-state index >= 15 is 0 Å². The molecule has 27 heavy (non-hydrogen) atoms. The number of para-hydroxylation sites is 2. The third kappa shape index (κ3) is 3.81. The second-order valence-corrected chi connectivity index (χ2v) is 5.85. The summed E-state index contributed by atoms with van der Waals surface area (Å²) in [6, 6.07) is 9.67. The Kier molecular flexibility index (Phi) is 4.69. The molecule has 0 atom stereocenters. The third-order valence-electron chi connectivity index (χ3n) is 3.88. The number of halogens is 4. The highest BCUT2D eigenvalue weighted by atomic mass is 19.4. The zero-order valence-corrected chi connectivity index (χ0v) is 14.0. The number of amides is 1. The lowest BCUT2D eigenvalue weighted by molar-refractivity contribution is -0.142. The van der Waals surface area contributed by atoms with Crippen molar-refractivity contribution in [3.63, 3.8) is 0 Å². The Labute approximate surface area is 150 Å². The molecule has 0 aliphatic rings. The average molecular weight is 379 g/mol. The number of rotatable bonds is 3. The first-order valence-electron chi connectivity index (χ1n) is 7.79. The van der Waals surface area contributed by atoms with E-state index in [-0.39, 0.29) is 16.7 Å². The molecule has 3 aromatic rings. The van der Waals surface area contributed by atoms with Gasteiger partial charge in [0.15, 0.2) is 0 Å². The Bertz CT molecular complexity index is 1090. The Morgan fingerprint density at radius 2 is 1.89 bits per heavy atom. The van der Waals surface area contributed by atoms with Gasteiger partial charge in [-0.2, -0.15) is 13.2 Å². The van der Waals surface area contributed by atoms with Crippen molar-refractivity contribution in [2.75, 3.05) is 5.32 Å². The van der Waals surface area contributed by atoms with Crippen LogP contribution in [0.3, 0.4) is 0 Å². The fraction of sp³-hybridized carbons (Fsp3) is 0.167. The second-order valence-electron chi connectivity index (χ2n) is 5.85. The number of nitrogens with zero attached hydrogens (tertiary/aromatic N) is 2. The Morgan fingerprint density at radius 3 is 2.56 bits per heavy atom. The van der Waals surface area contributed by atoms with Crippen LogP contribution >= 0.6 is 0 Å². The van der Waals surface area contributed by atoms with Crippen LogP contribution in [0.4, 0.5) is 23.2 Å². The summed E-state index contributed by atoms with van der Waals surface area (Å²) < 4.78 is 53.6. The first kappa shape index (κ1) is 18.6. The van der Waals surface area contributed by atoms with Crippen LogP contribution in [-0.2, 0) is 17.5 Å². The molecule has 1 aromatic heterocycles. The molecule has 0 spiro atoms. The van der Waals surface area contributed by atoms with Crippen molar-refractivity contribution >= 4 is 22.6 Å². The van der Waals surface area contributed by atoms with Crippen molar-refractivity contribution in [3.8, 4) is 0 Å². The van der Waals surface area contributed by atoms with Crippen molar-refractivity contribution in [1.29, 1.82) is 0 Å². The maximum absolute atomic E-state index is 13.6. The molecular weight excluding hydrogens is 366 g/mol. The van der Waals surface area contributed by atoms with E-state index in [2.05, 4.69) is 10.3 Å².